The predicted molar refractivity (Wildman–Crippen MR) is 178 cm³/mol. The van der Waals surface area contributed by atoms with E-state index in [0.29, 0.717) is 74.2 Å². The first-order valence-electron chi connectivity index (χ1n) is 15.7. The maximum absolute atomic E-state index is 17.0. The van der Waals surface area contributed by atoms with Gasteiger partial charge in [-0.2, -0.15) is 9.97 Å². The SMILES string of the molecule is C=C1CN2CC(O)CC2(COc2nc(/C(F)=C/c3c(C=N)c(N)cc(Cl)c3C3CC3)c(C(=NC)OC)c(N3CCCOCC3)n2)C1. The number of fused-ring (bicyclic) bond motifs is 1. The minimum absolute atomic E-state index is 0.0115. The molecule has 2 unspecified atom stereocenters. The first-order valence-corrected chi connectivity index (χ1v) is 16.0. The van der Waals surface area contributed by atoms with E-state index in [1.165, 1.54) is 13.2 Å². The summed E-state index contributed by atoms with van der Waals surface area (Å²) < 4.78 is 34.7. The van der Waals surface area contributed by atoms with Crippen LogP contribution in [-0.2, 0) is 9.47 Å². The molecule has 13 heteroatoms. The van der Waals surface area contributed by atoms with Crippen LogP contribution in [0.2, 0.25) is 5.02 Å². The standard InChI is InChI=1S/C33H41ClFN7O4/c1-19-13-33(14-21(43)17-42(33)16-19)18-46-32-39-29(28(31(38-2)44-3)30(40-32)41-7-4-9-45-10-8-41)25(35)11-22-23(15-36)26(37)12-24(34)27(22)20-5-6-20/h11-12,15,20-21,36,43H,1,4-10,13-14,16-18,37H2,2-3H3/b25-11-,36-15?,38-31?. The summed E-state index contributed by atoms with van der Waals surface area (Å²) in [4.78, 5) is 18.0. The van der Waals surface area contributed by atoms with Gasteiger partial charge in [0.1, 0.15) is 23.7 Å². The van der Waals surface area contributed by atoms with Gasteiger partial charge in [-0.25, -0.2) is 4.39 Å². The van der Waals surface area contributed by atoms with Gasteiger partial charge in [-0.05, 0) is 61.3 Å². The quantitative estimate of drug-likeness (QED) is 0.155. The lowest BCUT2D eigenvalue weighted by Crippen LogP contribution is -2.43. The molecule has 6 rings (SSSR count). The number of ether oxygens (including phenoxy) is 3. The van der Waals surface area contributed by atoms with Crippen molar-refractivity contribution in [3.63, 3.8) is 0 Å². The van der Waals surface area contributed by atoms with Gasteiger partial charge in [-0.15, -0.1) is 0 Å². The van der Waals surface area contributed by atoms with Crippen molar-refractivity contribution in [2.24, 2.45) is 4.99 Å². The Balaban J connectivity index is 1.51. The number of hydrogen-bond donors (Lipinski definition) is 3. The zero-order valence-corrected chi connectivity index (χ0v) is 27.1. The number of nitrogens with zero attached hydrogens (tertiary/aromatic N) is 5. The van der Waals surface area contributed by atoms with E-state index in [9.17, 15) is 5.11 Å². The minimum atomic E-state index is -0.704. The molecule has 1 aromatic heterocycles. The van der Waals surface area contributed by atoms with E-state index in [1.807, 2.05) is 4.90 Å². The molecule has 4 aliphatic rings. The van der Waals surface area contributed by atoms with E-state index >= 15 is 4.39 Å². The Morgan fingerprint density at radius 2 is 2.13 bits per heavy atom. The molecule has 3 saturated heterocycles. The number of aromatic nitrogens is 2. The molecule has 0 bridgehead atoms. The van der Waals surface area contributed by atoms with Gasteiger partial charge >= 0.3 is 6.01 Å². The van der Waals surface area contributed by atoms with Crippen molar-refractivity contribution in [3.05, 3.63) is 51.2 Å². The summed E-state index contributed by atoms with van der Waals surface area (Å²) in [6, 6.07) is 1.61. The highest BCUT2D eigenvalue weighted by Crippen LogP contribution is 2.48. The summed E-state index contributed by atoms with van der Waals surface area (Å²) in [5, 5.41) is 19.0. The Morgan fingerprint density at radius 1 is 1.33 bits per heavy atom. The second-order valence-electron chi connectivity index (χ2n) is 12.5. The molecule has 1 aliphatic carbocycles. The molecule has 46 heavy (non-hydrogen) atoms. The molecule has 0 spiro atoms. The van der Waals surface area contributed by atoms with Crippen molar-refractivity contribution in [1.82, 2.24) is 14.9 Å². The van der Waals surface area contributed by atoms with Gasteiger partial charge in [0, 0.05) is 62.3 Å². The molecule has 0 amide bonds. The lowest BCUT2D eigenvalue weighted by atomic mass is 9.93. The van der Waals surface area contributed by atoms with Crippen LogP contribution in [0.15, 0.2) is 23.2 Å². The number of benzene rings is 1. The highest BCUT2D eigenvalue weighted by atomic mass is 35.5. The summed E-state index contributed by atoms with van der Waals surface area (Å²) in [6.07, 6.45) is 5.79. The largest absolute Gasteiger partial charge is 0.481 e. The van der Waals surface area contributed by atoms with Crippen LogP contribution in [0.5, 0.6) is 6.01 Å². The summed E-state index contributed by atoms with van der Waals surface area (Å²) in [5.74, 6) is 0.0127. The second-order valence-corrected chi connectivity index (χ2v) is 12.9. The highest BCUT2D eigenvalue weighted by molar-refractivity contribution is 6.32. The van der Waals surface area contributed by atoms with Crippen LogP contribution in [0.3, 0.4) is 0 Å². The normalized spacial score (nSPS) is 24.2. The van der Waals surface area contributed by atoms with Gasteiger partial charge in [0.25, 0.3) is 0 Å². The number of β-amino-alcohol motifs (C(OH)–C–C–N with tert-alkyl or cyclic N) is 1. The Labute approximate surface area is 273 Å². The van der Waals surface area contributed by atoms with E-state index in [1.54, 1.807) is 13.1 Å². The third-order valence-electron chi connectivity index (χ3n) is 9.24. The number of nitrogens with two attached hydrogens (primary N) is 1. The van der Waals surface area contributed by atoms with E-state index in [0.717, 1.165) is 36.6 Å². The first-order chi connectivity index (χ1) is 22.2. The number of nitrogens with one attached hydrogen (secondary N) is 1. The molecule has 1 saturated carbocycles. The molecule has 11 nitrogen and oxygen atoms in total. The zero-order valence-electron chi connectivity index (χ0n) is 26.3. The van der Waals surface area contributed by atoms with Crippen LogP contribution in [0.1, 0.15) is 66.0 Å². The van der Waals surface area contributed by atoms with Crippen LogP contribution in [0.4, 0.5) is 15.9 Å². The fourth-order valence-electron chi connectivity index (χ4n) is 7.06. The fraction of sp³-hybridized carbons (Fsp3) is 0.515. The van der Waals surface area contributed by atoms with Gasteiger partial charge in [0.05, 0.1) is 25.4 Å². The van der Waals surface area contributed by atoms with Crippen LogP contribution < -0.4 is 15.4 Å². The smallest absolute Gasteiger partial charge is 0.319 e. The summed E-state index contributed by atoms with van der Waals surface area (Å²) >= 11 is 6.65. The Hall–Kier alpha value is -3.58. The molecular formula is C33H41ClFN7O4. The summed E-state index contributed by atoms with van der Waals surface area (Å²) in [5.41, 5.74) is 8.98. The number of aliphatic hydroxyl groups excluding tert-OH is 1. The molecule has 1 aromatic carbocycles. The van der Waals surface area contributed by atoms with Gasteiger partial charge in [-0.3, -0.25) is 9.89 Å². The van der Waals surface area contributed by atoms with Gasteiger partial charge in [0.15, 0.2) is 5.83 Å². The van der Waals surface area contributed by atoms with E-state index in [4.69, 9.17) is 41.9 Å². The Kier molecular flexibility index (Phi) is 9.33. The number of rotatable bonds is 9. The first kappa shape index (κ1) is 32.4. The number of anilines is 2. The van der Waals surface area contributed by atoms with Crippen LogP contribution >= 0.6 is 11.6 Å². The number of halogens is 2. The lowest BCUT2D eigenvalue weighted by Gasteiger charge is -2.31. The summed E-state index contributed by atoms with van der Waals surface area (Å²) in [7, 11) is 3.03. The second kappa shape index (κ2) is 13.3. The molecule has 4 N–H and O–H groups in total. The fourth-order valence-corrected chi connectivity index (χ4v) is 7.44. The van der Waals surface area contributed by atoms with E-state index in [-0.39, 0.29) is 41.4 Å². The third kappa shape index (κ3) is 6.23. The molecular weight excluding hydrogens is 613 g/mol. The average molecular weight is 654 g/mol. The molecule has 246 valence electrons. The maximum atomic E-state index is 17.0. The van der Waals surface area contributed by atoms with Gasteiger partial charge in [0.2, 0.25) is 5.90 Å². The molecule has 3 aliphatic heterocycles. The number of nitrogen functional groups attached to an aromatic ring is 1. The van der Waals surface area contributed by atoms with Crippen LogP contribution in [0.25, 0.3) is 11.9 Å². The maximum Gasteiger partial charge on any atom is 0.319 e. The molecule has 2 aromatic rings. The number of methoxy groups -OCH3 is 1. The molecule has 4 fully saturated rings. The van der Waals surface area contributed by atoms with Crippen molar-refractivity contribution in [3.8, 4) is 6.01 Å². The van der Waals surface area contributed by atoms with Crippen LogP contribution in [0, 0.1) is 5.41 Å². The highest BCUT2D eigenvalue weighted by Gasteiger charge is 2.50. The third-order valence-corrected chi connectivity index (χ3v) is 9.55. The number of aliphatic imine (C=N–C) groups is 1. The minimum Gasteiger partial charge on any atom is -0.481 e. The van der Waals surface area contributed by atoms with Crippen molar-refractivity contribution in [1.29, 1.82) is 5.41 Å². The van der Waals surface area contributed by atoms with Gasteiger partial charge < -0.3 is 35.4 Å². The number of aliphatic hydroxyl groups is 1. The van der Waals surface area contributed by atoms with Gasteiger partial charge in [-0.1, -0.05) is 23.8 Å². The zero-order chi connectivity index (χ0) is 32.6. The Bertz CT molecular complexity index is 1590. The summed E-state index contributed by atoms with van der Waals surface area (Å²) in [6.45, 7) is 7.77. The topological polar surface area (TPSA) is 142 Å². The average Bonchev–Trinajstić information content (AvgIpc) is 3.79. The Morgan fingerprint density at radius 3 is 2.85 bits per heavy atom. The van der Waals surface area contributed by atoms with E-state index < -0.39 is 17.5 Å². The van der Waals surface area contributed by atoms with Crippen molar-refractivity contribution < 1.29 is 23.7 Å². The van der Waals surface area contributed by atoms with Crippen molar-refractivity contribution in [2.75, 3.05) is 70.8 Å². The predicted octanol–water partition coefficient (Wildman–Crippen LogP) is 4.45. The van der Waals surface area contributed by atoms with Crippen LogP contribution in [-0.4, -0.2) is 104 Å². The van der Waals surface area contributed by atoms with E-state index in [2.05, 4.69) is 21.5 Å². The van der Waals surface area contributed by atoms with Crippen molar-refractivity contribution >= 4 is 47.1 Å². The molecule has 4 heterocycles. The number of hydrogen-bond acceptors (Lipinski definition) is 11. The lowest BCUT2D eigenvalue weighted by molar-refractivity contribution is 0.107. The monoisotopic (exact) mass is 653 g/mol. The molecule has 0 radical (unpaired) electrons. The molecule has 2 atom stereocenters. The van der Waals surface area contributed by atoms with Crippen molar-refractivity contribution in [2.45, 2.75) is 49.7 Å².